The van der Waals surface area contributed by atoms with Crippen LogP contribution < -0.4 is 0 Å². The first-order valence-corrected chi connectivity index (χ1v) is 7.81. The number of carbonyl (C=O) groups excluding carboxylic acids is 1. The van der Waals surface area contributed by atoms with E-state index in [2.05, 4.69) is 24.5 Å². The standard InChI is InChI=1S/C17H25NO/c1-13-11-14-15(7-6-8-16(14)19)18(13)12-17(2)9-4-3-5-10-17/h11H,3-10,12H2,1-2H3. The van der Waals surface area contributed by atoms with Crippen molar-refractivity contribution in [3.05, 3.63) is 23.0 Å². The highest BCUT2D eigenvalue weighted by molar-refractivity contribution is 5.98. The molecule has 0 radical (unpaired) electrons. The van der Waals surface area contributed by atoms with E-state index in [4.69, 9.17) is 0 Å². The van der Waals surface area contributed by atoms with Crippen LogP contribution in [0.4, 0.5) is 0 Å². The second kappa shape index (κ2) is 4.81. The number of aromatic nitrogens is 1. The quantitative estimate of drug-likeness (QED) is 0.776. The van der Waals surface area contributed by atoms with Gasteiger partial charge in [0.05, 0.1) is 0 Å². The molecule has 2 heteroatoms. The van der Waals surface area contributed by atoms with Crippen molar-refractivity contribution in [3.8, 4) is 0 Å². The maximum Gasteiger partial charge on any atom is 0.164 e. The van der Waals surface area contributed by atoms with Crippen molar-refractivity contribution in [1.29, 1.82) is 0 Å². The number of fused-ring (bicyclic) bond motifs is 1. The van der Waals surface area contributed by atoms with Crippen molar-refractivity contribution >= 4 is 5.78 Å². The second-order valence-electron chi connectivity index (χ2n) is 6.88. The summed E-state index contributed by atoms with van der Waals surface area (Å²) in [6, 6.07) is 2.13. The number of Topliss-reactive ketones (excluding diaryl/α,β-unsaturated/α-hetero) is 1. The molecule has 1 heterocycles. The van der Waals surface area contributed by atoms with Crippen LogP contribution in [0, 0.1) is 12.3 Å². The molecular weight excluding hydrogens is 234 g/mol. The van der Waals surface area contributed by atoms with Crippen LogP contribution in [0.15, 0.2) is 6.07 Å². The number of carbonyl (C=O) groups is 1. The lowest BCUT2D eigenvalue weighted by molar-refractivity contribution is 0.0970. The summed E-state index contributed by atoms with van der Waals surface area (Å²) in [5.74, 6) is 0.358. The second-order valence-corrected chi connectivity index (χ2v) is 6.88. The molecule has 0 spiro atoms. The molecule has 2 aliphatic carbocycles. The van der Waals surface area contributed by atoms with E-state index in [1.54, 1.807) is 0 Å². The van der Waals surface area contributed by atoms with Gasteiger partial charge in [-0.15, -0.1) is 0 Å². The molecule has 1 saturated carbocycles. The van der Waals surface area contributed by atoms with E-state index in [1.165, 1.54) is 43.5 Å². The van der Waals surface area contributed by atoms with Crippen molar-refractivity contribution in [2.24, 2.45) is 5.41 Å². The van der Waals surface area contributed by atoms with Gasteiger partial charge in [0.25, 0.3) is 0 Å². The van der Waals surface area contributed by atoms with Crippen LogP contribution in [0.2, 0.25) is 0 Å². The van der Waals surface area contributed by atoms with Gasteiger partial charge in [0.1, 0.15) is 0 Å². The fourth-order valence-electron chi connectivity index (χ4n) is 3.96. The van der Waals surface area contributed by atoms with Crippen LogP contribution in [0.25, 0.3) is 0 Å². The third kappa shape index (κ3) is 2.37. The van der Waals surface area contributed by atoms with E-state index in [1.807, 2.05) is 0 Å². The Labute approximate surface area is 116 Å². The molecular formula is C17H25NO. The monoisotopic (exact) mass is 259 g/mol. The zero-order chi connectivity index (χ0) is 13.5. The summed E-state index contributed by atoms with van der Waals surface area (Å²) in [4.78, 5) is 12.0. The maximum absolute atomic E-state index is 12.0. The molecule has 1 fully saturated rings. The Morgan fingerprint density at radius 2 is 1.89 bits per heavy atom. The average molecular weight is 259 g/mol. The third-order valence-corrected chi connectivity index (χ3v) is 5.13. The van der Waals surface area contributed by atoms with E-state index in [9.17, 15) is 4.79 Å². The zero-order valence-electron chi connectivity index (χ0n) is 12.3. The summed E-state index contributed by atoms with van der Waals surface area (Å²) in [7, 11) is 0. The smallest absolute Gasteiger partial charge is 0.164 e. The fraction of sp³-hybridized carbons (Fsp3) is 0.706. The van der Waals surface area contributed by atoms with E-state index in [0.717, 1.165) is 31.4 Å². The Morgan fingerprint density at radius 3 is 2.63 bits per heavy atom. The van der Waals surface area contributed by atoms with Gasteiger partial charge in [0, 0.05) is 29.9 Å². The van der Waals surface area contributed by atoms with Crippen molar-refractivity contribution in [2.75, 3.05) is 0 Å². The number of aryl methyl sites for hydroxylation is 1. The Morgan fingerprint density at radius 1 is 1.16 bits per heavy atom. The largest absolute Gasteiger partial charge is 0.348 e. The predicted molar refractivity (Wildman–Crippen MR) is 77.6 cm³/mol. The molecule has 2 nitrogen and oxygen atoms in total. The van der Waals surface area contributed by atoms with Gasteiger partial charge in [-0.1, -0.05) is 26.2 Å². The highest BCUT2D eigenvalue weighted by atomic mass is 16.1. The Hall–Kier alpha value is -1.05. The van der Waals surface area contributed by atoms with Crippen LogP contribution in [-0.4, -0.2) is 10.4 Å². The van der Waals surface area contributed by atoms with Gasteiger partial charge in [0.2, 0.25) is 0 Å². The molecule has 19 heavy (non-hydrogen) atoms. The van der Waals surface area contributed by atoms with Crippen LogP contribution >= 0.6 is 0 Å². The molecule has 0 unspecified atom stereocenters. The molecule has 0 aliphatic heterocycles. The minimum absolute atomic E-state index is 0.358. The summed E-state index contributed by atoms with van der Waals surface area (Å²) in [6.07, 6.45) is 9.69. The van der Waals surface area contributed by atoms with E-state index >= 15 is 0 Å². The molecule has 104 valence electrons. The molecule has 0 atom stereocenters. The first-order valence-electron chi connectivity index (χ1n) is 7.81. The van der Waals surface area contributed by atoms with E-state index < -0.39 is 0 Å². The van der Waals surface area contributed by atoms with Crippen LogP contribution in [0.5, 0.6) is 0 Å². The van der Waals surface area contributed by atoms with Gasteiger partial charge in [-0.3, -0.25) is 4.79 Å². The lowest BCUT2D eigenvalue weighted by Gasteiger charge is -2.35. The summed E-state index contributed by atoms with van der Waals surface area (Å²) in [5.41, 5.74) is 4.06. The molecule has 0 bridgehead atoms. The third-order valence-electron chi connectivity index (χ3n) is 5.13. The van der Waals surface area contributed by atoms with Gasteiger partial charge in [0.15, 0.2) is 5.78 Å². The van der Waals surface area contributed by atoms with Crippen molar-refractivity contribution in [1.82, 2.24) is 4.57 Å². The summed E-state index contributed by atoms with van der Waals surface area (Å²) >= 11 is 0. The first kappa shape index (κ1) is 13.0. The van der Waals surface area contributed by atoms with Crippen LogP contribution in [0.1, 0.15) is 73.6 Å². The van der Waals surface area contributed by atoms with Crippen molar-refractivity contribution in [2.45, 2.75) is 71.8 Å². The summed E-state index contributed by atoms with van der Waals surface area (Å²) < 4.78 is 2.46. The molecule has 0 saturated heterocycles. The lowest BCUT2D eigenvalue weighted by atomic mass is 9.75. The van der Waals surface area contributed by atoms with Crippen LogP contribution in [0.3, 0.4) is 0 Å². The minimum atomic E-state index is 0.358. The number of hydrogen-bond donors (Lipinski definition) is 0. The molecule has 1 aromatic heterocycles. The summed E-state index contributed by atoms with van der Waals surface area (Å²) in [6.45, 7) is 5.71. The number of ketones is 1. The lowest BCUT2D eigenvalue weighted by Crippen LogP contribution is -2.28. The predicted octanol–water partition coefficient (Wildman–Crippen LogP) is 4.29. The molecule has 0 aromatic carbocycles. The topological polar surface area (TPSA) is 22.0 Å². The highest BCUT2D eigenvalue weighted by Gasteiger charge is 2.30. The Bertz CT molecular complexity index is 492. The Kier molecular flexibility index (Phi) is 3.28. The van der Waals surface area contributed by atoms with Gasteiger partial charge in [-0.25, -0.2) is 0 Å². The normalized spacial score (nSPS) is 22.3. The average Bonchev–Trinajstić information content (AvgIpc) is 2.69. The first-order chi connectivity index (χ1) is 9.09. The van der Waals surface area contributed by atoms with Crippen molar-refractivity contribution < 1.29 is 4.79 Å². The maximum atomic E-state index is 12.0. The van der Waals surface area contributed by atoms with E-state index in [-0.39, 0.29) is 0 Å². The van der Waals surface area contributed by atoms with Gasteiger partial charge in [-0.2, -0.15) is 0 Å². The molecule has 0 amide bonds. The van der Waals surface area contributed by atoms with Crippen molar-refractivity contribution in [3.63, 3.8) is 0 Å². The highest BCUT2D eigenvalue weighted by Crippen LogP contribution is 2.39. The van der Waals surface area contributed by atoms with Gasteiger partial charge >= 0.3 is 0 Å². The number of hydrogen-bond acceptors (Lipinski definition) is 1. The number of nitrogens with zero attached hydrogens (tertiary/aromatic N) is 1. The minimum Gasteiger partial charge on any atom is -0.348 e. The van der Waals surface area contributed by atoms with Gasteiger partial charge in [-0.05, 0) is 44.1 Å². The van der Waals surface area contributed by atoms with Crippen LogP contribution in [-0.2, 0) is 13.0 Å². The molecule has 1 aromatic rings. The van der Waals surface area contributed by atoms with E-state index in [0.29, 0.717) is 11.2 Å². The molecule has 2 aliphatic rings. The zero-order valence-corrected chi connectivity index (χ0v) is 12.3. The summed E-state index contributed by atoms with van der Waals surface area (Å²) in [5, 5.41) is 0. The SMILES string of the molecule is Cc1cc2c(n1CC1(C)CCCCC1)CCCC2=O. The fourth-order valence-corrected chi connectivity index (χ4v) is 3.96. The molecule has 3 rings (SSSR count). The molecule has 0 N–H and O–H groups in total. The number of rotatable bonds is 2. The Balaban J connectivity index is 1.90. The van der Waals surface area contributed by atoms with Gasteiger partial charge < -0.3 is 4.57 Å².